The summed E-state index contributed by atoms with van der Waals surface area (Å²) in [5.41, 5.74) is 1.59. The molecule has 0 atom stereocenters. The van der Waals surface area contributed by atoms with Gasteiger partial charge in [0.1, 0.15) is 12.2 Å². The zero-order valence-corrected chi connectivity index (χ0v) is 15.4. The highest BCUT2D eigenvalue weighted by Gasteiger charge is 2.17. The number of aromatic nitrogens is 2. The van der Waals surface area contributed by atoms with Crippen LogP contribution in [-0.2, 0) is 11.2 Å². The molecule has 0 saturated carbocycles. The van der Waals surface area contributed by atoms with E-state index in [1.807, 2.05) is 48.5 Å². The molecule has 0 unspecified atom stereocenters. The predicted molar refractivity (Wildman–Crippen MR) is 97.5 cm³/mol. The van der Waals surface area contributed by atoms with Crippen molar-refractivity contribution in [3.8, 4) is 17.1 Å². The van der Waals surface area contributed by atoms with E-state index >= 15 is 0 Å². The number of halogens is 1. The number of hydrogen-bond donors (Lipinski definition) is 0. The van der Waals surface area contributed by atoms with Gasteiger partial charge in [-0.1, -0.05) is 21.1 Å². The average molecular weight is 402 g/mol. The summed E-state index contributed by atoms with van der Waals surface area (Å²) in [6.45, 7) is 0. The van der Waals surface area contributed by atoms with Crippen LogP contribution in [-0.4, -0.2) is 30.2 Å². The fourth-order valence-corrected chi connectivity index (χ4v) is 2.50. The van der Waals surface area contributed by atoms with Crippen LogP contribution in [0.4, 0.5) is 5.69 Å². The van der Waals surface area contributed by atoms with Gasteiger partial charge in [-0.2, -0.15) is 4.98 Å². The maximum atomic E-state index is 12.4. The first-order chi connectivity index (χ1) is 12.1. The summed E-state index contributed by atoms with van der Waals surface area (Å²) < 4.78 is 11.3. The summed E-state index contributed by atoms with van der Waals surface area (Å²) in [5.74, 6) is 1.34. The average Bonchev–Trinajstić information content (AvgIpc) is 3.10. The summed E-state index contributed by atoms with van der Waals surface area (Å²) in [7, 11) is 3.32. The van der Waals surface area contributed by atoms with Crippen LogP contribution in [0.15, 0.2) is 57.5 Å². The van der Waals surface area contributed by atoms with Crippen LogP contribution >= 0.6 is 15.9 Å². The first-order valence-electron chi connectivity index (χ1n) is 7.56. The molecule has 3 rings (SSSR count). The Morgan fingerprint density at radius 2 is 1.84 bits per heavy atom. The minimum absolute atomic E-state index is 0.0374. The second kappa shape index (κ2) is 7.48. The van der Waals surface area contributed by atoms with Crippen molar-refractivity contribution in [1.29, 1.82) is 0 Å². The minimum atomic E-state index is -0.132. The number of carbonyl (C=O) groups is 1. The van der Waals surface area contributed by atoms with E-state index in [2.05, 4.69) is 26.1 Å². The fourth-order valence-electron chi connectivity index (χ4n) is 2.24. The SMILES string of the molecule is COc1ccc(-c2noc(CC(=O)N(C)c3ccc(Br)cc3)n2)cc1. The van der Waals surface area contributed by atoms with Crippen molar-refractivity contribution in [2.75, 3.05) is 19.1 Å². The lowest BCUT2D eigenvalue weighted by Gasteiger charge is -2.16. The molecule has 7 heteroatoms. The van der Waals surface area contributed by atoms with E-state index in [0.29, 0.717) is 5.82 Å². The number of amides is 1. The molecule has 0 fully saturated rings. The molecule has 0 radical (unpaired) electrons. The number of anilines is 1. The summed E-state index contributed by atoms with van der Waals surface area (Å²) in [4.78, 5) is 18.2. The van der Waals surface area contributed by atoms with Gasteiger partial charge in [0, 0.05) is 22.8 Å². The molecule has 0 aliphatic heterocycles. The van der Waals surface area contributed by atoms with E-state index in [9.17, 15) is 4.79 Å². The van der Waals surface area contributed by atoms with Gasteiger partial charge in [-0.25, -0.2) is 0 Å². The Bertz CT molecular complexity index is 860. The number of benzene rings is 2. The lowest BCUT2D eigenvalue weighted by atomic mass is 10.2. The summed E-state index contributed by atoms with van der Waals surface area (Å²) in [5, 5.41) is 3.93. The van der Waals surface area contributed by atoms with Crippen molar-refractivity contribution in [1.82, 2.24) is 10.1 Å². The molecule has 0 saturated heterocycles. The van der Waals surface area contributed by atoms with Crippen molar-refractivity contribution in [3.63, 3.8) is 0 Å². The Labute approximate surface area is 153 Å². The lowest BCUT2D eigenvalue weighted by Crippen LogP contribution is -2.27. The second-order valence-electron chi connectivity index (χ2n) is 5.35. The molecule has 128 valence electrons. The van der Waals surface area contributed by atoms with Crippen LogP contribution < -0.4 is 9.64 Å². The van der Waals surface area contributed by atoms with Gasteiger partial charge in [0.15, 0.2) is 0 Å². The molecule has 2 aromatic carbocycles. The Morgan fingerprint density at radius 3 is 2.48 bits per heavy atom. The van der Waals surface area contributed by atoms with Crippen LogP contribution in [0.3, 0.4) is 0 Å². The van der Waals surface area contributed by atoms with E-state index < -0.39 is 0 Å². The summed E-state index contributed by atoms with van der Waals surface area (Å²) >= 11 is 3.37. The molecule has 0 spiro atoms. The van der Waals surface area contributed by atoms with Crippen LogP contribution in [0.25, 0.3) is 11.4 Å². The molecular formula is C18H16BrN3O3. The summed E-state index contributed by atoms with van der Waals surface area (Å²) in [6, 6.07) is 14.8. The Hall–Kier alpha value is -2.67. The fraction of sp³-hybridized carbons (Fsp3) is 0.167. The second-order valence-corrected chi connectivity index (χ2v) is 6.26. The van der Waals surface area contributed by atoms with E-state index in [0.717, 1.165) is 21.5 Å². The minimum Gasteiger partial charge on any atom is -0.497 e. The van der Waals surface area contributed by atoms with E-state index in [-0.39, 0.29) is 18.2 Å². The molecule has 0 aliphatic rings. The van der Waals surface area contributed by atoms with Crippen LogP contribution in [0.2, 0.25) is 0 Å². The first-order valence-corrected chi connectivity index (χ1v) is 8.35. The maximum absolute atomic E-state index is 12.4. The van der Waals surface area contributed by atoms with Gasteiger partial charge in [-0.05, 0) is 48.5 Å². The molecule has 3 aromatic rings. The van der Waals surface area contributed by atoms with Gasteiger partial charge >= 0.3 is 0 Å². The highest BCUT2D eigenvalue weighted by molar-refractivity contribution is 9.10. The van der Waals surface area contributed by atoms with Crippen molar-refractivity contribution in [2.45, 2.75) is 6.42 Å². The third-order valence-electron chi connectivity index (χ3n) is 3.71. The van der Waals surface area contributed by atoms with Crippen LogP contribution in [0.5, 0.6) is 5.75 Å². The largest absolute Gasteiger partial charge is 0.497 e. The molecule has 1 amide bonds. The predicted octanol–water partition coefficient (Wildman–Crippen LogP) is 3.71. The van der Waals surface area contributed by atoms with Gasteiger partial charge in [-0.15, -0.1) is 0 Å². The standard InChI is InChI=1S/C18H16BrN3O3/c1-22(14-7-5-13(19)6-8-14)17(23)11-16-20-18(21-25-16)12-3-9-15(24-2)10-4-12/h3-10H,11H2,1-2H3. The molecule has 1 aromatic heterocycles. The molecule has 25 heavy (non-hydrogen) atoms. The number of rotatable bonds is 5. The topological polar surface area (TPSA) is 68.5 Å². The van der Waals surface area contributed by atoms with Crippen molar-refractivity contribution >= 4 is 27.5 Å². The Kier molecular flexibility index (Phi) is 5.14. The number of methoxy groups -OCH3 is 1. The third-order valence-corrected chi connectivity index (χ3v) is 4.24. The monoisotopic (exact) mass is 401 g/mol. The zero-order chi connectivity index (χ0) is 17.8. The van der Waals surface area contributed by atoms with E-state index in [4.69, 9.17) is 9.26 Å². The lowest BCUT2D eigenvalue weighted by molar-refractivity contribution is -0.118. The van der Waals surface area contributed by atoms with Gasteiger partial charge in [-0.3, -0.25) is 4.79 Å². The van der Waals surface area contributed by atoms with Gasteiger partial charge in [0.2, 0.25) is 17.6 Å². The van der Waals surface area contributed by atoms with E-state index in [1.54, 1.807) is 19.1 Å². The molecule has 0 N–H and O–H groups in total. The van der Waals surface area contributed by atoms with Crippen LogP contribution in [0.1, 0.15) is 5.89 Å². The molecule has 6 nitrogen and oxygen atoms in total. The number of likely N-dealkylation sites (N-methyl/N-ethyl adjacent to an activating group) is 1. The van der Waals surface area contributed by atoms with Crippen molar-refractivity contribution < 1.29 is 14.1 Å². The van der Waals surface area contributed by atoms with Crippen LogP contribution in [0, 0.1) is 0 Å². The highest BCUT2D eigenvalue weighted by atomic mass is 79.9. The zero-order valence-electron chi connectivity index (χ0n) is 13.8. The maximum Gasteiger partial charge on any atom is 0.236 e. The number of ether oxygens (including phenoxy) is 1. The Balaban J connectivity index is 1.69. The molecule has 1 heterocycles. The smallest absolute Gasteiger partial charge is 0.236 e. The van der Waals surface area contributed by atoms with Gasteiger partial charge in [0.25, 0.3) is 0 Å². The third kappa shape index (κ3) is 4.06. The van der Waals surface area contributed by atoms with Gasteiger partial charge < -0.3 is 14.2 Å². The highest BCUT2D eigenvalue weighted by Crippen LogP contribution is 2.21. The molecular weight excluding hydrogens is 386 g/mol. The van der Waals surface area contributed by atoms with Gasteiger partial charge in [0.05, 0.1) is 7.11 Å². The summed E-state index contributed by atoms with van der Waals surface area (Å²) in [6.07, 6.45) is 0.0374. The number of hydrogen-bond acceptors (Lipinski definition) is 5. The number of carbonyl (C=O) groups excluding carboxylic acids is 1. The quantitative estimate of drug-likeness (QED) is 0.651. The molecule has 0 bridgehead atoms. The van der Waals surface area contributed by atoms with Crippen molar-refractivity contribution in [2.24, 2.45) is 0 Å². The molecule has 0 aliphatic carbocycles. The number of nitrogens with zero attached hydrogens (tertiary/aromatic N) is 3. The van der Waals surface area contributed by atoms with E-state index in [1.165, 1.54) is 0 Å². The van der Waals surface area contributed by atoms with Crippen molar-refractivity contribution in [3.05, 3.63) is 58.9 Å². The Morgan fingerprint density at radius 1 is 1.16 bits per heavy atom. The normalized spacial score (nSPS) is 10.5. The first kappa shape index (κ1) is 17.2.